The Balaban J connectivity index is 2.05. The van der Waals surface area contributed by atoms with Crippen molar-refractivity contribution in [1.29, 1.82) is 0 Å². The molecular formula is C16H24N2O2. The van der Waals surface area contributed by atoms with Crippen LogP contribution >= 0.6 is 0 Å². The maximum absolute atomic E-state index is 11.4. The van der Waals surface area contributed by atoms with Gasteiger partial charge in [-0.1, -0.05) is 43.7 Å². The highest BCUT2D eigenvalue weighted by atomic mass is 16.2. The van der Waals surface area contributed by atoms with Crippen LogP contribution in [0.4, 0.5) is 0 Å². The van der Waals surface area contributed by atoms with Crippen LogP contribution < -0.4 is 10.6 Å². The largest absolute Gasteiger partial charge is 0.348 e. The first kappa shape index (κ1) is 16.2. The molecule has 0 aliphatic rings. The zero-order valence-corrected chi connectivity index (χ0v) is 12.2. The third kappa shape index (κ3) is 6.92. The Labute approximate surface area is 121 Å². The van der Waals surface area contributed by atoms with Gasteiger partial charge in [0.15, 0.2) is 0 Å². The number of amides is 2. The van der Waals surface area contributed by atoms with E-state index in [2.05, 4.69) is 22.8 Å². The number of aryl methyl sites for hydroxylation is 1. The van der Waals surface area contributed by atoms with Crippen LogP contribution in [0.5, 0.6) is 0 Å². The minimum atomic E-state index is -0.527. The van der Waals surface area contributed by atoms with E-state index in [0.717, 1.165) is 32.1 Å². The second kappa shape index (κ2) is 10.0. The normalized spacial score (nSPS) is 10.1. The van der Waals surface area contributed by atoms with Gasteiger partial charge >= 0.3 is 11.8 Å². The number of unbranched alkanes of at least 4 members (excludes halogenated alkanes) is 2. The summed E-state index contributed by atoms with van der Waals surface area (Å²) in [5, 5.41) is 5.24. The maximum atomic E-state index is 11.4. The molecule has 1 aromatic carbocycles. The van der Waals surface area contributed by atoms with E-state index in [9.17, 15) is 9.59 Å². The van der Waals surface area contributed by atoms with Gasteiger partial charge in [0, 0.05) is 13.1 Å². The van der Waals surface area contributed by atoms with Gasteiger partial charge in [0.1, 0.15) is 0 Å². The zero-order valence-electron chi connectivity index (χ0n) is 12.2. The third-order valence-corrected chi connectivity index (χ3v) is 3.04. The summed E-state index contributed by atoms with van der Waals surface area (Å²) in [7, 11) is 0. The third-order valence-electron chi connectivity index (χ3n) is 3.04. The number of rotatable bonds is 8. The van der Waals surface area contributed by atoms with Gasteiger partial charge in [0.25, 0.3) is 0 Å². The molecule has 1 aromatic rings. The molecule has 1 rings (SSSR count). The fraction of sp³-hybridized carbons (Fsp3) is 0.500. The van der Waals surface area contributed by atoms with Crippen LogP contribution in [0.2, 0.25) is 0 Å². The number of carbonyl (C=O) groups is 2. The predicted molar refractivity (Wildman–Crippen MR) is 80.3 cm³/mol. The van der Waals surface area contributed by atoms with Gasteiger partial charge in [-0.05, 0) is 31.2 Å². The lowest BCUT2D eigenvalue weighted by molar-refractivity contribution is -0.139. The standard InChI is InChI=1S/C16H24N2O2/c1-2-3-12-17-15(19)16(20)18-13-8-7-11-14-9-5-4-6-10-14/h4-6,9-10H,2-3,7-8,11-13H2,1H3,(H,17,19)(H,18,20). The van der Waals surface area contributed by atoms with Crippen molar-refractivity contribution >= 4 is 11.8 Å². The average Bonchev–Trinajstić information content (AvgIpc) is 2.48. The van der Waals surface area contributed by atoms with E-state index in [4.69, 9.17) is 0 Å². The average molecular weight is 276 g/mol. The molecule has 0 fully saturated rings. The van der Waals surface area contributed by atoms with E-state index < -0.39 is 11.8 Å². The molecule has 110 valence electrons. The Kier molecular flexibility index (Phi) is 8.11. The van der Waals surface area contributed by atoms with E-state index in [1.54, 1.807) is 0 Å². The minimum absolute atomic E-state index is 0.526. The second-order valence-electron chi connectivity index (χ2n) is 4.81. The summed E-state index contributed by atoms with van der Waals surface area (Å²) >= 11 is 0. The first-order valence-corrected chi connectivity index (χ1v) is 7.34. The molecule has 4 nitrogen and oxygen atoms in total. The van der Waals surface area contributed by atoms with E-state index in [-0.39, 0.29) is 0 Å². The summed E-state index contributed by atoms with van der Waals surface area (Å²) in [5.41, 5.74) is 1.30. The minimum Gasteiger partial charge on any atom is -0.348 e. The highest BCUT2D eigenvalue weighted by molar-refractivity contribution is 6.35. The first-order chi connectivity index (χ1) is 9.74. The lowest BCUT2D eigenvalue weighted by Crippen LogP contribution is -2.40. The topological polar surface area (TPSA) is 58.2 Å². The van der Waals surface area contributed by atoms with Gasteiger partial charge in [-0.2, -0.15) is 0 Å². The maximum Gasteiger partial charge on any atom is 0.309 e. The molecule has 0 heterocycles. The molecule has 0 radical (unpaired) electrons. The molecular weight excluding hydrogens is 252 g/mol. The van der Waals surface area contributed by atoms with Gasteiger partial charge < -0.3 is 10.6 Å². The summed E-state index contributed by atoms with van der Waals surface area (Å²) < 4.78 is 0. The van der Waals surface area contributed by atoms with Crippen molar-refractivity contribution in [2.24, 2.45) is 0 Å². The van der Waals surface area contributed by atoms with Crippen molar-refractivity contribution in [3.8, 4) is 0 Å². The predicted octanol–water partition coefficient (Wildman–Crippen LogP) is 2.04. The lowest BCUT2D eigenvalue weighted by atomic mass is 10.1. The van der Waals surface area contributed by atoms with Crippen LogP contribution in [0.25, 0.3) is 0 Å². The molecule has 0 saturated carbocycles. The summed E-state index contributed by atoms with van der Waals surface area (Å²) in [5.74, 6) is -1.05. The van der Waals surface area contributed by atoms with Crippen LogP contribution in [-0.2, 0) is 16.0 Å². The van der Waals surface area contributed by atoms with Crippen LogP contribution in [0, 0.1) is 0 Å². The number of carbonyl (C=O) groups excluding carboxylic acids is 2. The molecule has 0 aromatic heterocycles. The smallest absolute Gasteiger partial charge is 0.309 e. The van der Waals surface area contributed by atoms with E-state index in [1.165, 1.54) is 5.56 Å². The molecule has 4 heteroatoms. The Morgan fingerprint density at radius 2 is 1.50 bits per heavy atom. The highest BCUT2D eigenvalue weighted by Gasteiger charge is 2.10. The Morgan fingerprint density at radius 3 is 2.10 bits per heavy atom. The van der Waals surface area contributed by atoms with Crippen LogP contribution in [0.15, 0.2) is 30.3 Å². The molecule has 0 aliphatic carbocycles. The molecule has 0 bridgehead atoms. The van der Waals surface area contributed by atoms with Crippen molar-refractivity contribution < 1.29 is 9.59 Å². The summed E-state index contributed by atoms with van der Waals surface area (Å²) in [6, 6.07) is 10.2. The van der Waals surface area contributed by atoms with Gasteiger partial charge in [-0.25, -0.2) is 0 Å². The molecule has 0 atom stereocenters. The quantitative estimate of drug-likeness (QED) is 0.564. The molecule has 2 N–H and O–H groups in total. The Morgan fingerprint density at radius 1 is 0.900 bits per heavy atom. The molecule has 20 heavy (non-hydrogen) atoms. The Hall–Kier alpha value is -1.84. The summed E-state index contributed by atoms with van der Waals surface area (Å²) in [4.78, 5) is 22.8. The van der Waals surface area contributed by atoms with Gasteiger partial charge in [-0.3, -0.25) is 9.59 Å². The summed E-state index contributed by atoms with van der Waals surface area (Å²) in [6.07, 6.45) is 4.78. The fourth-order valence-electron chi connectivity index (χ4n) is 1.84. The number of benzene rings is 1. The molecule has 0 unspecified atom stereocenters. The number of nitrogens with one attached hydrogen (secondary N) is 2. The monoisotopic (exact) mass is 276 g/mol. The first-order valence-electron chi connectivity index (χ1n) is 7.34. The van der Waals surface area contributed by atoms with Crippen molar-refractivity contribution in [2.45, 2.75) is 39.0 Å². The van der Waals surface area contributed by atoms with E-state index in [0.29, 0.717) is 13.1 Å². The van der Waals surface area contributed by atoms with Crippen molar-refractivity contribution in [3.05, 3.63) is 35.9 Å². The molecule has 0 spiro atoms. The van der Waals surface area contributed by atoms with E-state index in [1.807, 2.05) is 25.1 Å². The SMILES string of the molecule is CCCCNC(=O)C(=O)NCCCCc1ccccc1. The number of hydrogen-bond donors (Lipinski definition) is 2. The van der Waals surface area contributed by atoms with Gasteiger partial charge in [0.05, 0.1) is 0 Å². The molecule has 2 amide bonds. The van der Waals surface area contributed by atoms with Crippen molar-refractivity contribution in [2.75, 3.05) is 13.1 Å². The van der Waals surface area contributed by atoms with Crippen LogP contribution in [0.1, 0.15) is 38.2 Å². The molecule has 0 saturated heterocycles. The second-order valence-corrected chi connectivity index (χ2v) is 4.81. The van der Waals surface area contributed by atoms with Crippen LogP contribution in [-0.4, -0.2) is 24.9 Å². The van der Waals surface area contributed by atoms with Crippen molar-refractivity contribution in [3.63, 3.8) is 0 Å². The van der Waals surface area contributed by atoms with Crippen LogP contribution in [0.3, 0.4) is 0 Å². The van der Waals surface area contributed by atoms with Gasteiger partial charge in [-0.15, -0.1) is 0 Å². The zero-order chi connectivity index (χ0) is 14.6. The molecule has 0 aliphatic heterocycles. The fourth-order valence-corrected chi connectivity index (χ4v) is 1.84. The highest BCUT2D eigenvalue weighted by Crippen LogP contribution is 2.03. The number of hydrogen-bond acceptors (Lipinski definition) is 2. The van der Waals surface area contributed by atoms with Crippen molar-refractivity contribution in [1.82, 2.24) is 10.6 Å². The Bertz CT molecular complexity index is 404. The van der Waals surface area contributed by atoms with E-state index >= 15 is 0 Å². The lowest BCUT2D eigenvalue weighted by Gasteiger charge is -2.06. The van der Waals surface area contributed by atoms with Gasteiger partial charge in [0.2, 0.25) is 0 Å². The summed E-state index contributed by atoms with van der Waals surface area (Å²) in [6.45, 7) is 3.16.